The van der Waals surface area contributed by atoms with Crippen LogP contribution in [0.3, 0.4) is 0 Å². The van der Waals surface area contributed by atoms with Crippen LogP contribution in [0.5, 0.6) is 0 Å². The lowest BCUT2D eigenvalue weighted by molar-refractivity contribution is 0.0989. The number of ether oxygens (including phenoxy) is 2. The highest BCUT2D eigenvalue weighted by molar-refractivity contribution is 4.44. The predicted octanol–water partition coefficient (Wildman–Crippen LogP) is 1.10. The number of hydrogen-bond acceptors (Lipinski definition) is 4. The fourth-order valence-corrected chi connectivity index (χ4v) is 1.28. The van der Waals surface area contributed by atoms with Crippen LogP contribution in [0.4, 0.5) is 0 Å². The van der Waals surface area contributed by atoms with Crippen LogP contribution < -0.4 is 5.73 Å². The largest absolute Gasteiger partial charge is 0.381 e. The van der Waals surface area contributed by atoms with Crippen molar-refractivity contribution in [1.82, 2.24) is 4.90 Å². The van der Waals surface area contributed by atoms with Gasteiger partial charge in [0.15, 0.2) is 0 Å². The first kappa shape index (κ1) is 15.8. The third-order valence-corrected chi connectivity index (χ3v) is 2.21. The van der Waals surface area contributed by atoms with Gasteiger partial charge in [-0.25, -0.2) is 0 Å². The Morgan fingerprint density at radius 2 is 1.31 bits per heavy atom. The van der Waals surface area contributed by atoms with Gasteiger partial charge in [0.05, 0.1) is 0 Å². The van der Waals surface area contributed by atoms with Gasteiger partial charge >= 0.3 is 0 Å². The first-order valence-electron chi connectivity index (χ1n) is 6.27. The average Bonchev–Trinajstić information content (AvgIpc) is 2.25. The van der Waals surface area contributed by atoms with Gasteiger partial charge < -0.3 is 20.1 Å². The first-order chi connectivity index (χ1) is 7.77. The molecule has 0 unspecified atom stereocenters. The van der Waals surface area contributed by atoms with Gasteiger partial charge in [-0.1, -0.05) is 0 Å². The molecule has 16 heavy (non-hydrogen) atoms. The Labute approximate surface area is 100 Å². The molecule has 0 saturated heterocycles. The molecule has 0 aliphatic rings. The van der Waals surface area contributed by atoms with Crippen LogP contribution in [0.1, 0.15) is 25.7 Å². The molecule has 0 spiro atoms. The Bertz CT molecular complexity index is 132. The van der Waals surface area contributed by atoms with Crippen molar-refractivity contribution in [3.05, 3.63) is 0 Å². The molecule has 0 radical (unpaired) electrons. The minimum Gasteiger partial charge on any atom is -0.381 e. The van der Waals surface area contributed by atoms with Gasteiger partial charge in [-0.15, -0.1) is 0 Å². The number of hydrogen-bond donors (Lipinski definition) is 1. The van der Waals surface area contributed by atoms with Crippen molar-refractivity contribution >= 4 is 0 Å². The van der Waals surface area contributed by atoms with Crippen LogP contribution in [0.2, 0.25) is 0 Å². The van der Waals surface area contributed by atoms with E-state index in [0.717, 1.165) is 65.2 Å². The number of nitrogens with zero attached hydrogens (tertiary/aromatic N) is 1. The van der Waals surface area contributed by atoms with Crippen LogP contribution in [0.25, 0.3) is 0 Å². The maximum absolute atomic E-state index is 5.51. The second-order valence-electron chi connectivity index (χ2n) is 4.23. The summed E-state index contributed by atoms with van der Waals surface area (Å²) < 4.78 is 10.9. The lowest BCUT2D eigenvalue weighted by Crippen LogP contribution is -2.15. The van der Waals surface area contributed by atoms with Crippen LogP contribution in [-0.4, -0.2) is 58.5 Å². The SMILES string of the molecule is CN(C)CCCOCCCCOCCCN. The van der Waals surface area contributed by atoms with Gasteiger partial charge in [0.2, 0.25) is 0 Å². The van der Waals surface area contributed by atoms with Crippen LogP contribution in [-0.2, 0) is 9.47 Å². The average molecular weight is 232 g/mol. The van der Waals surface area contributed by atoms with Gasteiger partial charge in [0.1, 0.15) is 0 Å². The molecule has 0 amide bonds. The summed E-state index contributed by atoms with van der Waals surface area (Å²) in [7, 11) is 4.16. The van der Waals surface area contributed by atoms with Crippen molar-refractivity contribution < 1.29 is 9.47 Å². The van der Waals surface area contributed by atoms with Gasteiger partial charge in [-0.2, -0.15) is 0 Å². The number of rotatable bonds is 12. The summed E-state index contributed by atoms with van der Waals surface area (Å²) in [5, 5.41) is 0. The minimum absolute atomic E-state index is 0.717. The molecule has 0 aromatic rings. The highest BCUT2D eigenvalue weighted by Gasteiger charge is 1.93. The molecule has 4 nitrogen and oxygen atoms in total. The zero-order valence-electron chi connectivity index (χ0n) is 10.9. The van der Waals surface area contributed by atoms with E-state index in [1.165, 1.54) is 0 Å². The molecule has 0 atom stereocenters. The number of unbranched alkanes of at least 4 members (excludes halogenated alkanes) is 1. The van der Waals surface area contributed by atoms with Gasteiger partial charge in [-0.3, -0.25) is 0 Å². The summed E-state index contributed by atoms with van der Waals surface area (Å²) in [6, 6.07) is 0. The smallest absolute Gasteiger partial charge is 0.0478 e. The molecule has 0 aromatic carbocycles. The molecule has 2 N–H and O–H groups in total. The maximum atomic E-state index is 5.51. The van der Waals surface area contributed by atoms with Crippen LogP contribution in [0, 0.1) is 0 Å². The van der Waals surface area contributed by atoms with E-state index in [1.54, 1.807) is 0 Å². The highest BCUT2D eigenvalue weighted by atomic mass is 16.5. The quantitative estimate of drug-likeness (QED) is 0.512. The van der Waals surface area contributed by atoms with Gasteiger partial charge in [0, 0.05) is 26.4 Å². The number of nitrogens with two attached hydrogens (primary N) is 1. The standard InChI is InChI=1S/C12H28N2O2/c1-14(2)8-6-12-16-10-4-3-9-15-11-5-7-13/h3-13H2,1-2H3. The van der Waals surface area contributed by atoms with Crippen molar-refractivity contribution in [3.63, 3.8) is 0 Å². The van der Waals surface area contributed by atoms with E-state index >= 15 is 0 Å². The highest BCUT2D eigenvalue weighted by Crippen LogP contribution is 1.93. The van der Waals surface area contributed by atoms with Crippen molar-refractivity contribution in [2.45, 2.75) is 25.7 Å². The van der Waals surface area contributed by atoms with E-state index in [9.17, 15) is 0 Å². The summed E-state index contributed by atoms with van der Waals surface area (Å²) in [5.74, 6) is 0. The Hall–Kier alpha value is -0.160. The maximum Gasteiger partial charge on any atom is 0.0478 e. The lowest BCUT2D eigenvalue weighted by Gasteiger charge is -2.09. The van der Waals surface area contributed by atoms with Crippen molar-refractivity contribution in [2.75, 3.05) is 53.6 Å². The van der Waals surface area contributed by atoms with E-state index in [2.05, 4.69) is 19.0 Å². The van der Waals surface area contributed by atoms with E-state index in [-0.39, 0.29) is 0 Å². The van der Waals surface area contributed by atoms with Crippen molar-refractivity contribution in [2.24, 2.45) is 5.73 Å². The zero-order chi connectivity index (χ0) is 12.1. The Morgan fingerprint density at radius 3 is 1.81 bits per heavy atom. The third-order valence-electron chi connectivity index (χ3n) is 2.21. The first-order valence-corrected chi connectivity index (χ1v) is 6.27. The van der Waals surface area contributed by atoms with Gasteiger partial charge in [0.25, 0.3) is 0 Å². The van der Waals surface area contributed by atoms with E-state index in [4.69, 9.17) is 15.2 Å². The molecular weight excluding hydrogens is 204 g/mol. The van der Waals surface area contributed by atoms with Crippen molar-refractivity contribution in [3.8, 4) is 0 Å². The molecule has 0 aliphatic carbocycles. The van der Waals surface area contributed by atoms with Crippen LogP contribution in [0.15, 0.2) is 0 Å². The molecule has 0 bridgehead atoms. The molecule has 0 rings (SSSR count). The van der Waals surface area contributed by atoms with Gasteiger partial charge in [-0.05, 0) is 52.9 Å². The second-order valence-corrected chi connectivity index (χ2v) is 4.23. The molecule has 0 fully saturated rings. The molecule has 0 heterocycles. The predicted molar refractivity (Wildman–Crippen MR) is 67.7 cm³/mol. The van der Waals surface area contributed by atoms with E-state index < -0.39 is 0 Å². The summed E-state index contributed by atoms with van der Waals surface area (Å²) >= 11 is 0. The normalized spacial score (nSPS) is 11.2. The Kier molecular flexibility index (Phi) is 12.8. The molecule has 0 saturated carbocycles. The Morgan fingerprint density at radius 1 is 0.812 bits per heavy atom. The summed E-state index contributed by atoms with van der Waals surface area (Å²) in [4.78, 5) is 2.18. The van der Waals surface area contributed by atoms with E-state index in [1.807, 2.05) is 0 Å². The van der Waals surface area contributed by atoms with E-state index in [0.29, 0.717) is 0 Å². The molecule has 0 aliphatic heterocycles. The molecular formula is C12H28N2O2. The Balaban J connectivity index is 2.88. The monoisotopic (exact) mass is 232 g/mol. The minimum atomic E-state index is 0.717. The van der Waals surface area contributed by atoms with Crippen molar-refractivity contribution in [1.29, 1.82) is 0 Å². The summed E-state index contributed by atoms with van der Waals surface area (Å²) in [6.45, 7) is 5.17. The summed E-state index contributed by atoms with van der Waals surface area (Å²) in [5.41, 5.74) is 5.36. The summed E-state index contributed by atoms with van der Waals surface area (Å²) in [6.07, 6.45) is 4.24. The van der Waals surface area contributed by atoms with Crippen LogP contribution >= 0.6 is 0 Å². The molecule has 4 heteroatoms. The fourth-order valence-electron chi connectivity index (χ4n) is 1.28. The fraction of sp³-hybridized carbons (Fsp3) is 1.00. The molecule has 98 valence electrons. The lowest BCUT2D eigenvalue weighted by atomic mass is 10.3. The molecule has 0 aromatic heterocycles. The topological polar surface area (TPSA) is 47.7 Å². The zero-order valence-corrected chi connectivity index (χ0v) is 10.9. The second kappa shape index (κ2) is 12.9. The third kappa shape index (κ3) is 13.8.